The van der Waals surface area contributed by atoms with E-state index in [9.17, 15) is 9.59 Å². The van der Waals surface area contributed by atoms with Crippen molar-refractivity contribution in [3.05, 3.63) is 0 Å². The first kappa shape index (κ1) is 20.9. The third kappa shape index (κ3) is 13.9. The number of nitrogens with one attached hydrogen (secondary N) is 2. The Bertz CT molecular complexity index is 296. The summed E-state index contributed by atoms with van der Waals surface area (Å²) in [5, 5.41) is 14.5. The molecule has 1 unspecified atom stereocenters. The molecule has 130 valence electrons. The van der Waals surface area contributed by atoms with Gasteiger partial charge in [0.25, 0.3) is 0 Å². The fourth-order valence-corrected chi connectivity index (χ4v) is 2.28. The fourth-order valence-electron chi connectivity index (χ4n) is 2.28. The molecule has 0 aliphatic heterocycles. The highest BCUT2D eigenvalue weighted by atomic mass is 16.3. The van der Waals surface area contributed by atoms with E-state index in [4.69, 9.17) is 5.11 Å². The van der Waals surface area contributed by atoms with Gasteiger partial charge in [-0.05, 0) is 32.6 Å². The van der Waals surface area contributed by atoms with Crippen LogP contribution in [-0.2, 0) is 9.59 Å². The van der Waals surface area contributed by atoms with E-state index in [1.807, 2.05) is 13.8 Å². The number of aliphatic hydroxyl groups is 1. The van der Waals surface area contributed by atoms with Gasteiger partial charge in [-0.2, -0.15) is 0 Å². The number of rotatable bonds is 14. The number of hydrogen-bond acceptors (Lipinski definition) is 3. The number of hydrogen-bond donors (Lipinski definition) is 3. The Balaban J connectivity index is 3.37. The average molecular weight is 314 g/mol. The van der Waals surface area contributed by atoms with Crippen LogP contribution in [0, 0.1) is 0 Å². The number of unbranched alkanes of at least 4 members (excludes halogenated alkanes) is 5. The lowest BCUT2D eigenvalue weighted by Gasteiger charge is -2.13. The second kappa shape index (κ2) is 14.8. The van der Waals surface area contributed by atoms with Crippen molar-refractivity contribution < 1.29 is 14.7 Å². The quantitative estimate of drug-likeness (QED) is 0.431. The van der Waals surface area contributed by atoms with Gasteiger partial charge in [0.2, 0.25) is 11.8 Å². The molecule has 0 fully saturated rings. The Morgan fingerprint density at radius 3 is 2.23 bits per heavy atom. The monoisotopic (exact) mass is 314 g/mol. The molecule has 5 nitrogen and oxygen atoms in total. The zero-order chi connectivity index (χ0) is 16.6. The molecule has 0 aromatic carbocycles. The Hall–Kier alpha value is -1.10. The Morgan fingerprint density at radius 2 is 1.59 bits per heavy atom. The normalized spacial score (nSPS) is 12.0. The molecule has 5 heteroatoms. The predicted molar refractivity (Wildman–Crippen MR) is 89.5 cm³/mol. The maximum Gasteiger partial charge on any atom is 0.219 e. The summed E-state index contributed by atoms with van der Waals surface area (Å²) in [7, 11) is 0. The minimum Gasteiger partial charge on any atom is -0.396 e. The van der Waals surface area contributed by atoms with Crippen molar-refractivity contribution in [2.45, 2.75) is 84.1 Å². The average Bonchev–Trinajstić information content (AvgIpc) is 2.50. The van der Waals surface area contributed by atoms with E-state index in [1.165, 1.54) is 0 Å². The first-order chi connectivity index (χ1) is 10.6. The van der Waals surface area contributed by atoms with Crippen molar-refractivity contribution in [2.24, 2.45) is 0 Å². The summed E-state index contributed by atoms with van der Waals surface area (Å²) in [4.78, 5) is 22.8. The topological polar surface area (TPSA) is 78.4 Å². The van der Waals surface area contributed by atoms with Crippen LogP contribution in [-0.4, -0.2) is 36.1 Å². The molecule has 0 spiro atoms. The van der Waals surface area contributed by atoms with E-state index in [2.05, 4.69) is 10.6 Å². The highest BCUT2D eigenvalue weighted by Gasteiger charge is 2.05. The van der Waals surface area contributed by atoms with Gasteiger partial charge in [-0.25, -0.2) is 0 Å². The van der Waals surface area contributed by atoms with Gasteiger partial charge in [-0.1, -0.05) is 32.6 Å². The molecule has 0 radical (unpaired) electrons. The molecule has 0 rings (SSSR count). The van der Waals surface area contributed by atoms with Crippen molar-refractivity contribution in [1.29, 1.82) is 0 Å². The first-order valence-electron chi connectivity index (χ1n) is 8.77. The summed E-state index contributed by atoms with van der Waals surface area (Å²) in [6.07, 6.45) is 9.16. The van der Waals surface area contributed by atoms with Crippen LogP contribution in [0.5, 0.6) is 0 Å². The summed E-state index contributed by atoms with van der Waals surface area (Å²) < 4.78 is 0. The van der Waals surface area contributed by atoms with E-state index < -0.39 is 0 Å². The van der Waals surface area contributed by atoms with Crippen LogP contribution in [0.15, 0.2) is 0 Å². The largest absolute Gasteiger partial charge is 0.396 e. The highest BCUT2D eigenvalue weighted by molar-refractivity contribution is 5.76. The molecule has 0 bridgehead atoms. The van der Waals surface area contributed by atoms with Crippen LogP contribution in [0.4, 0.5) is 0 Å². The van der Waals surface area contributed by atoms with Gasteiger partial charge >= 0.3 is 0 Å². The van der Waals surface area contributed by atoms with Crippen LogP contribution in [0.1, 0.15) is 78.1 Å². The van der Waals surface area contributed by atoms with Crippen LogP contribution in [0.3, 0.4) is 0 Å². The van der Waals surface area contributed by atoms with E-state index in [0.717, 1.165) is 51.4 Å². The van der Waals surface area contributed by atoms with Gasteiger partial charge in [0.1, 0.15) is 0 Å². The lowest BCUT2D eigenvalue weighted by molar-refractivity contribution is -0.122. The molecule has 2 amide bonds. The molecule has 0 saturated carbocycles. The van der Waals surface area contributed by atoms with E-state index in [-0.39, 0.29) is 24.5 Å². The number of amides is 2. The second-order valence-corrected chi connectivity index (χ2v) is 5.91. The van der Waals surface area contributed by atoms with Gasteiger partial charge in [0.15, 0.2) is 0 Å². The lowest BCUT2D eigenvalue weighted by atomic mass is 10.1. The molecule has 0 aromatic heterocycles. The predicted octanol–water partition coefficient (Wildman–Crippen LogP) is 2.52. The molecule has 3 N–H and O–H groups in total. The molecule has 22 heavy (non-hydrogen) atoms. The van der Waals surface area contributed by atoms with Crippen molar-refractivity contribution in [3.8, 4) is 0 Å². The van der Waals surface area contributed by atoms with E-state index in [0.29, 0.717) is 19.4 Å². The van der Waals surface area contributed by atoms with Gasteiger partial charge in [0, 0.05) is 32.0 Å². The van der Waals surface area contributed by atoms with E-state index >= 15 is 0 Å². The minimum atomic E-state index is 0.0792. The summed E-state index contributed by atoms with van der Waals surface area (Å²) in [5.41, 5.74) is 0. The van der Waals surface area contributed by atoms with Crippen LogP contribution in [0.25, 0.3) is 0 Å². The SMILES string of the molecule is CCC(=O)NC(C)CCCNC(=O)CCCCCCCCO. The van der Waals surface area contributed by atoms with Crippen molar-refractivity contribution >= 4 is 11.8 Å². The smallest absolute Gasteiger partial charge is 0.219 e. The zero-order valence-corrected chi connectivity index (χ0v) is 14.3. The maximum atomic E-state index is 11.6. The van der Waals surface area contributed by atoms with Gasteiger partial charge in [0.05, 0.1) is 0 Å². The van der Waals surface area contributed by atoms with Crippen LogP contribution < -0.4 is 10.6 Å². The van der Waals surface area contributed by atoms with Gasteiger partial charge < -0.3 is 15.7 Å². The Morgan fingerprint density at radius 1 is 0.955 bits per heavy atom. The molecule has 0 saturated heterocycles. The standard InChI is InChI=1S/C17H34N2O3/c1-3-16(21)19-15(2)11-10-13-18-17(22)12-8-6-4-5-7-9-14-20/h15,20H,3-14H2,1-2H3,(H,18,22)(H,19,21). The molecule has 0 aliphatic rings. The first-order valence-corrected chi connectivity index (χ1v) is 8.77. The molecule has 0 aliphatic carbocycles. The summed E-state index contributed by atoms with van der Waals surface area (Å²) in [5.74, 6) is 0.205. The highest BCUT2D eigenvalue weighted by Crippen LogP contribution is 2.06. The summed E-state index contributed by atoms with van der Waals surface area (Å²) in [6.45, 7) is 4.80. The molecule has 0 heterocycles. The van der Waals surface area contributed by atoms with Crippen molar-refractivity contribution in [3.63, 3.8) is 0 Å². The fraction of sp³-hybridized carbons (Fsp3) is 0.882. The molecular weight excluding hydrogens is 280 g/mol. The maximum absolute atomic E-state index is 11.6. The Labute approximate surface area is 135 Å². The molecule has 0 aromatic rings. The van der Waals surface area contributed by atoms with Gasteiger partial charge in [-0.15, -0.1) is 0 Å². The summed E-state index contributed by atoms with van der Waals surface area (Å²) >= 11 is 0. The third-order valence-corrected chi connectivity index (χ3v) is 3.68. The van der Waals surface area contributed by atoms with Crippen molar-refractivity contribution in [2.75, 3.05) is 13.2 Å². The second-order valence-electron chi connectivity index (χ2n) is 5.91. The van der Waals surface area contributed by atoms with E-state index in [1.54, 1.807) is 0 Å². The third-order valence-electron chi connectivity index (χ3n) is 3.68. The zero-order valence-electron chi connectivity index (χ0n) is 14.3. The van der Waals surface area contributed by atoms with Crippen molar-refractivity contribution in [1.82, 2.24) is 10.6 Å². The minimum absolute atomic E-state index is 0.0792. The summed E-state index contributed by atoms with van der Waals surface area (Å²) in [6, 6.07) is 0.170. The molecular formula is C17H34N2O3. The number of carbonyl (C=O) groups is 2. The molecule has 1 atom stereocenters. The lowest BCUT2D eigenvalue weighted by Crippen LogP contribution is -2.33. The van der Waals surface area contributed by atoms with Gasteiger partial charge in [-0.3, -0.25) is 9.59 Å². The number of carbonyl (C=O) groups excluding carboxylic acids is 2. The number of aliphatic hydroxyl groups excluding tert-OH is 1. The Kier molecular flexibility index (Phi) is 14.1. The van der Waals surface area contributed by atoms with Crippen LogP contribution >= 0.6 is 0 Å². The van der Waals surface area contributed by atoms with Crippen LogP contribution in [0.2, 0.25) is 0 Å².